The van der Waals surface area contributed by atoms with Crippen molar-refractivity contribution in [1.82, 2.24) is 0 Å². The van der Waals surface area contributed by atoms with E-state index < -0.39 is 17.3 Å². The van der Waals surface area contributed by atoms with Gasteiger partial charge in [-0.1, -0.05) is 0 Å². The van der Waals surface area contributed by atoms with Crippen LogP contribution in [0.1, 0.15) is 0 Å². The molecule has 0 radical (unpaired) electrons. The first kappa shape index (κ1) is 9.16. The Bertz CT molecular complexity index is 178. The van der Waals surface area contributed by atoms with Crippen LogP contribution in [0.2, 0.25) is 0 Å². The molecular weight excluding hydrogens is 176 g/mol. The van der Waals surface area contributed by atoms with E-state index in [9.17, 15) is 8.78 Å². The van der Waals surface area contributed by atoms with Crippen LogP contribution in [-0.4, -0.2) is 25.7 Å². The number of alkyl halides is 2. The number of hydrogen-bond donors (Lipinski definition) is 1. The first-order chi connectivity index (χ1) is 4.65. The summed E-state index contributed by atoms with van der Waals surface area (Å²) in [5, 5.41) is 0. The molecule has 2 nitrogen and oxygen atoms in total. The van der Waals surface area contributed by atoms with Gasteiger partial charge >= 0.3 is 0 Å². The summed E-state index contributed by atoms with van der Waals surface area (Å²) < 4.78 is 30.4. The fourth-order valence-electron chi connectivity index (χ4n) is 1.75. The van der Waals surface area contributed by atoms with Crippen LogP contribution < -0.4 is 5.73 Å². The minimum Gasteiger partial charge on any atom is -0.380 e. The number of fused-ring (bicyclic) bond motifs is 1. The van der Waals surface area contributed by atoms with Gasteiger partial charge in [-0.2, -0.15) is 0 Å². The Kier molecular flexibility index (Phi) is 1.90. The minimum absolute atomic E-state index is 0. The van der Waals surface area contributed by atoms with E-state index in [0.717, 1.165) is 0 Å². The van der Waals surface area contributed by atoms with E-state index in [1.807, 2.05) is 0 Å². The first-order valence-corrected chi connectivity index (χ1v) is 3.31. The molecule has 0 amide bonds. The van der Waals surface area contributed by atoms with Crippen molar-refractivity contribution in [3.63, 3.8) is 0 Å². The van der Waals surface area contributed by atoms with Gasteiger partial charge in [-0.15, -0.1) is 12.4 Å². The summed E-state index contributed by atoms with van der Waals surface area (Å²) in [6.45, 7) is 0.371. The van der Waals surface area contributed by atoms with Gasteiger partial charge < -0.3 is 10.5 Å². The standard InChI is InChI=1S/C6H9F2NO.ClH/c7-6(8)4-1-10-3-5(4,6)2-9;/h4H,1-3,9H2;1H/t4-,5+;/m1./s1. The molecule has 1 saturated heterocycles. The van der Waals surface area contributed by atoms with Crippen LogP contribution in [0, 0.1) is 11.3 Å². The predicted molar refractivity (Wildman–Crippen MR) is 38.0 cm³/mol. The first-order valence-electron chi connectivity index (χ1n) is 3.31. The molecule has 1 saturated carbocycles. The normalized spacial score (nSPS) is 44.5. The third-order valence-electron chi connectivity index (χ3n) is 2.69. The van der Waals surface area contributed by atoms with Crippen LogP contribution >= 0.6 is 12.4 Å². The van der Waals surface area contributed by atoms with Crippen LogP contribution in [0.15, 0.2) is 0 Å². The van der Waals surface area contributed by atoms with Gasteiger partial charge in [0.2, 0.25) is 0 Å². The predicted octanol–water partition coefficient (Wildman–Crippen LogP) is 0.649. The Morgan fingerprint density at radius 2 is 2.18 bits per heavy atom. The molecular formula is C6H10ClF2NO. The number of hydrogen-bond acceptors (Lipinski definition) is 2. The fraction of sp³-hybridized carbons (Fsp3) is 1.00. The van der Waals surface area contributed by atoms with Crippen LogP contribution in [0.4, 0.5) is 8.78 Å². The highest BCUT2D eigenvalue weighted by atomic mass is 35.5. The quantitative estimate of drug-likeness (QED) is 0.651. The lowest BCUT2D eigenvalue weighted by Gasteiger charge is -2.09. The number of nitrogens with two attached hydrogens (primary N) is 1. The van der Waals surface area contributed by atoms with Gasteiger partial charge in [0.1, 0.15) is 0 Å². The van der Waals surface area contributed by atoms with Crippen molar-refractivity contribution < 1.29 is 13.5 Å². The summed E-state index contributed by atoms with van der Waals surface area (Å²) in [4.78, 5) is 0. The van der Waals surface area contributed by atoms with Crippen molar-refractivity contribution in [3.05, 3.63) is 0 Å². The molecule has 1 heterocycles. The van der Waals surface area contributed by atoms with Gasteiger partial charge in [0.25, 0.3) is 5.92 Å². The Morgan fingerprint density at radius 1 is 1.55 bits per heavy atom. The molecule has 1 aliphatic carbocycles. The molecule has 0 spiro atoms. The molecule has 0 aromatic heterocycles. The van der Waals surface area contributed by atoms with Gasteiger partial charge in [0.15, 0.2) is 0 Å². The largest absolute Gasteiger partial charge is 0.380 e. The average Bonchev–Trinajstić information content (AvgIpc) is 2.34. The lowest BCUT2D eigenvalue weighted by atomic mass is 10.1. The SMILES string of the molecule is Cl.NC[C@]12COC[C@H]1C2(F)F. The molecule has 5 heteroatoms. The highest BCUT2D eigenvalue weighted by Gasteiger charge is 2.82. The summed E-state index contributed by atoms with van der Waals surface area (Å²) in [6, 6.07) is 0. The highest BCUT2D eigenvalue weighted by molar-refractivity contribution is 5.85. The summed E-state index contributed by atoms with van der Waals surface area (Å²) in [5.74, 6) is -3.13. The van der Waals surface area contributed by atoms with Crippen LogP contribution in [0.3, 0.4) is 0 Å². The zero-order chi connectivity index (χ0) is 7.41. The van der Waals surface area contributed by atoms with E-state index in [0.29, 0.717) is 0 Å². The number of ether oxygens (including phenoxy) is 1. The number of rotatable bonds is 1. The fourth-order valence-corrected chi connectivity index (χ4v) is 1.75. The van der Waals surface area contributed by atoms with E-state index in [1.54, 1.807) is 0 Å². The average molecular weight is 186 g/mol. The van der Waals surface area contributed by atoms with Crippen molar-refractivity contribution in [1.29, 1.82) is 0 Å². The molecule has 2 fully saturated rings. The third kappa shape index (κ3) is 0.776. The van der Waals surface area contributed by atoms with E-state index >= 15 is 0 Å². The minimum atomic E-state index is -2.54. The molecule has 0 aromatic rings. The van der Waals surface area contributed by atoms with Gasteiger partial charge in [0.05, 0.1) is 24.5 Å². The maximum absolute atomic E-state index is 12.7. The molecule has 0 bridgehead atoms. The van der Waals surface area contributed by atoms with Gasteiger partial charge in [-0.25, -0.2) is 8.78 Å². The summed E-state index contributed by atoms with van der Waals surface area (Å²) in [6.07, 6.45) is 0. The maximum atomic E-state index is 12.7. The van der Waals surface area contributed by atoms with E-state index in [-0.39, 0.29) is 32.2 Å². The smallest absolute Gasteiger partial charge is 0.263 e. The zero-order valence-corrected chi connectivity index (χ0v) is 6.66. The van der Waals surface area contributed by atoms with E-state index in [2.05, 4.69) is 0 Å². The Balaban J connectivity index is 0.000000605. The van der Waals surface area contributed by atoms with E-state index in [1.165, 1.54) is 0 Å². The van der Waals surface area contributed by atoms with Crippen molar-refractivity contribution in [2.24, 2.45) is 17.1 Å². The maximum Gasteiger partial charge on any atom is 0.263 e. The Morgan fingerprint density at radius 3 is 2.45 bits per heavy atom. The topological polar surface area (TPSA) is 35.2 Å². The zero-order valence-electron chi connectivity index (χ0n) is 5.85. The van der Waals surface area contributed by atoms with Crippen molar-refractivity contribution >= 4 is 12.4 Å². The van der Waals surface area contributed by atoms with Crippen LogP contribution in [0.25, 0.3) is 0 Å². The lowest BCUT2D eigenvalue weighted by molar-refractivity contribution is -0.00810. The second kappa shape index (κ2) is 2.28. The molecule has 11 heavy (non-hydrogen) atoms. The molecule has 66 valence electrons. The van der Waals surface area contributed by atoms with Gasteiger partial charge in [0, 0.05) is 6.54 Å². The molecule has 2 rings (SSSR count). The lowest BCUT2D eigenvalue weighted by Crippen LogP contribution is -2.25. The van der Waals surface area contributed by atoms with E-state index in [4.69, 9.17) is 10.5 Å². The summed E-state index contributed by atoms with van der Waals surface area (Å²) >= 11 is 0. The molecule has 0 unspecified atom stereocenters. The van der Waals surface area contributed by atoms with Crippen LogP contribution in [0.5, 0.6) is 0 Å². The Hall–Kier alpha value is 0.0700. The van der Waals surface area contributed by atoms with Crippen molar-refractivity contribution in [2.45, 2.75) is 5.92 Å². The molecule has 0 aromatic carbocycles. The summed E-state index contributed by atoms with van der Waals surface area (Å²) in [5.41, 5.74) is 4.25. The summed E-state index contributed by atoms with van der Waals surface area (Å²) in [7, 11) is 0. The van der Waals surface area contributed by atoms with Crippen molar-refractivity contribution in [2.75, 3.05) is 19.8 Å². The van der Waals surface area contributed by atoms with Crippen molar-refractivity contribution in [3.8, 4) is 0 Å². The highest BCUT2D eigenvalue weighted by Crippen LogP contribution is 2.68. The second-order valence-electron chi connectivity index (χ2n) is 3.05. The Labute approximate surface area is 69.5 Å². The van der Waals surface area contributed by atoms with Gasteiger partial charge in [-0.3, -0.25) is 0 Å². The molecule has 1 aliphatic heterocycles. The molecule has 2 atom stereocenters. The number of halogens is 3. The second-order valence-corrected chi connectivity index (χ2v) is 3.05. The van der Waals surface area contributed by atoms with Crippen LogP contribution in [-0.2, 0) is 4.74 Å². The van der Waals surface area contributed by atoms with Gasteiger partial charge in [-0.05, 0) is 0 Å². The monoisotopic (exact) mass is 185 g/mol. The third-order valence-corrected chi connectivity index (χ3v) is 2.69. The molecule has 2 aliphatic rings. The molecule has 2 N–H and O–H groups in total.